The van der Waals surface area contributed by atoms with Gasteiger partial charge in [0.05, 0.1) is 65.6 Å². The van der Waals surface area contributed by atoms with Crippen LogP contribution in [0, 0.1) is 6.08 Å². The molecule has 0 saturated carbocycles. The molecule has 0 aromatic carbocycles. The predicted octanol–water partition coefficient (Wildman–Crippen LogP) is 13.9. The van der Waals surface area contributed by atoms with Gasteiger partial charge in [0.2, 0.25) is 5.95 Å². The number of nitrogens with two attached hydrogens (primary N) is 1. The largest absolute Gasteiger partial charge is 0.368 e. The molecule has 0 aliphatic carbocycles. The molecule has 0 saturated heterocycles. The lowest BCUT2D eigenvalue weighted by Gasteiger charge is -2.18. The van der Waals surface area contributed by atoms with E-state index in [2.05, 4.69) is 193 Å². The zero-order valence-corrected chi connectivity index (χ0v) is 49.4. The molecule has 9 N–H and O–H groups in total. The van der Waals surface area contributed by atoms with E-state index in [1.807, 2.05) is 66.1 Å². The Bertz CT molecular complexity index is 3810. The van der Waals surface area contributed by atoms with Crippen LogP contribution in [0.4, 0.5) is 10.3 Å². The second-order valence-corrected chi connectivity index (χ2v) is 25.2. The molecule has 12 heterocycles. The van der Waals surface area contributed by atoms with Crippen molar-refractivity contribution in [3.63, 3.8) is 0 Å². The summed E-state index contributed by atoms with van der Waals surface area (Å²) >= 11 is 0. The normalized spacial score (nSPS) is 11.4. The molecule has 0 unspecified atom stereocenters. The smallest absolute Gasteiger partial charge is 0.347 e. The number of halogens is 1. The van der Waals surface area contributed by atoms with E-state index in [1.54, 1.807) is 38.0 Å². The first kappa shape index (κ1) is 76.0. The van der Waals surface area contributed by atoms with Crippen molar-refractivity contribution in [1.82, 2.24) is 110 Å². The Labute approximate surface area is 511 Å². The summed E-state index contributed by atoms with van der Waals surface area (Å²) in [5, 5.41) is 1.12. The number of pyridine rings is 1. The number of imidazole rings is 5. The van der Waals surface area contributed by atoms with Crippen molar-refractivity contribution in [2.45, 2.75) is 202 Å². The van der Waals surface area contributed by atoms with Crippen molar-refractivity contribution in [2.24, 2.45) is 0 Å². The molecular formula is C62H98FN23O. The lowest BCUT2D eigenvalue weighted by atomic mass is 9.87. The molecule has 0 aliphatic heterocycles. The highest BCUT2D eigenvalue weighted by Crippen LogP contribution is 2.30. The maximum Gasteiger partial charge on any atom is 0.347 e. The van der Waals surface area contributed by atoms with Crippen molar-refractivity contribution >= 4 is 72.8 Å². The molecule has 87 heavy (non-hydrogen) atoms. The van der Waals surface area contributed by atoms with Gasteiger partial charge in [-0.25, -0.2) is 64.6 Å². The Balaban J connectivity index is 0.000000515. The minimum Gasteiger partial charge on any atom is -0.368 e. The monoisotopic (exact) mass is 1200 g/mol. The van der Waals surface area contributed by atoms with Gasteiger partial charge in [-0.15, -0.1) is 0 Å². The summed E-state index contributed by atoms with van der Waals surface area (Å²) in [6.45, 7) is 37.6. The first-order chi connectivity index (χ1) is 37.7. The number of fused-ring (bicyclic) bond motifs is 6. The Morgan fingerprint density at radius 3 is 1.32 bits per heavy atom. The third-order valence-electron chi connectivity index (χ3n) is 12.2. The van der Waals surface area contributed by atoms with E-state index in [0.29, 0.717) is 28.2 Å². The van der Waals surface area contributed by atoms with Gasteiger partial charge in [-0.1, -0.05) is 169 Å². The summed E-state index contributed by atoms with van der Waals surface area (Å²) in [4.78, 5) is 92.7. The fourth-order valence-corrected chi connectivity index (χ4v) is 8.43. The van der Waals surface area contributed by atoms with Gasteiger partial charge >= 0.3 is 11.8 Å². The summed E-state index contributed by atoms with van der Waals surface area (Å²) in [5.74, 6) is 0.273. The van der Waals surface area contributed by atoms with E-state index < -0.39 is 6.08 Å². The molecular weight excluding hydrogens is 1100 g/mol. The number of nitrogens with one attached hydrogen (secondary N) is 7. The van der Waals surface area contributed by atoms with Crippen molar-refractivity contribution in [3.05, 3.63) is 119 Å². The number of H-pyrrole nitrogens is 7. The maximum absolute atomic E-state index is 13.0. The highest BCUT2D eigenvalue weighted by atomic mass is 19.1. The standard InChI is InChI=1S/2C10H13N3.C9H11FN4.C9H13N5.C9H12N4O.C9H12N4.6CH4/c1-10(2,3)7-4-5-11-9-8(7)12-6-13-9;1-10(2,3)8-7-4-5-11-9(7)13-6-12-8;2*1-9(2,3)6-5-7(12-4-11-5)14-8(10)13-6;1-9(2,3)6-5-7(11-4-10-5)13-8(14)12-6;1-9(2,3)7-6-8(12-4-10-6)13-5-11-7;;;;;;/h2*4-6H,1-3H3,(H,11,12,13);4H,1-3H3,(H,11,12,13,14);4H,1-3H3,(H3,10,11,12,13,14);4H,1-3H3,(H2,10,11,12,13,14);4-5H,1-3H3,(H,10,11,12,13);6*1H4. The van der Waals surface area contributed by atoms with Crippen molar-refractivity contribution in [3.8, 4) is 0 Å². The van der Waals surface area contributed by atoms with Crippen molar-refractivity contribution in [2.75, 3.05) is 5.73 Å². The van der Waals surface area contributed by atoms with Gasteiger partial charge in [0, 0.05) is 44.9 Å². The lowest BCUT2D eigenvalue weighted by Crippen LogP contribution is -2.22. The second-order valence-electron chi connectivity index (χ2n) is 25.2. The predicted molar refractivity (Wildman–Crippen MR) is 354 cm³/mol. The molecule has 12 aromatic rings. The fourth-order valence-electron chi connectivity index (χ4n) is 8.43. The average molecular weight is 1200 g/mol. The third kappa shape index (κ3) is 18.5. The topological polar surface area (TPSA) is 347 Å². The molecule has 474 valence electrons. The Morgan fingerprint density at radius 1 is 0.391 bits per heavy atom. The summed E-state index contributed by atoms with van der Waals surface area (Å²) < 4.78 is 13.0. The molecule has 0 amide bonds. The summed E-state index contributed by atoms with van der Waals surface area (Å²) in [5.41, 5.74) is 19.1. The molecule has 12 rings (SSSR count). The van der Waals surface area contributed by atoms with Crippen LogP contribution in [0.2, 0.25) is 0 Å². The number of aromatic amines is 7. The van der Waals surface area contributed by atoms with E-state index in [1.165, 1.54) is 11.9 Å². The molecule has 0 atom stereocenters. The van der Waals surface area contributed by atoms with Crippen LogP contribution in [0.15, 0.2) is 73.6 Å². The van der Waals surface area contributed by atoms with Crippen LogP contribution < -0.4 is 11.4 Å². The number of nitrogen functional groups attached to an aromatic ring is 1. The van der Waals surface area contributed by atoms with Crippen LogP contribution in [0.5, 0.6) is 0 Å². The Kier molecular flexibility index (Phi) is 25.7. The minimum absolute atomic E-state index is 0. The van der Waals surface area contributed by atoms with Crippen LogP contribution in [-0.4, -0.2) is 110 Å². The van der Waals surface area contributed by atoms with Gasteiger partial charge in [-0.05, 0) is 23.1 Å². The van der Waals surface area contributed by atoms with E-state index in [9.17, 15) is 9.18 Å². The van der Waals surface area contributed by atoms with Gasteiger partial charge in [-0.2, -0.15) is 19.3 Å². The maximum atomic E-state index is 13.0. The van der Waals surface area contributed by atoms with E-state index >= 15 is 0 Å². The number of hydrogen-bond donors (Lipinski definition) is 8. The van der Waals surface area contributed by atoms with Gasteiger partial charge in [0.25, 0.3) is 0 Å². The summed E-state index contributed by atoms with van der Waals surface area (Å²) in [6, 6.07) is 4.07. The first-order valence-corrected chi connectivity index (χ1v) is 26.2. The highest BCUT2D eigenvalue weighted by Gasteiger charge is 2.25. The second kappa shape index (κ2) is 29.4. The third-order valence-corrected chi connectivity index (χ3v) is 12.2. The number of anilines is 1. The van der Waals surface area contributed by atoms with Crippen LogP contribution >= 0.6 is 0 Å². The molecule has 12 aromatic heterocycles. The van der Waals surface area contributed by atoms with Crippen molar-refractivity contribution < 1.29 is 4.39 Å². The number of nitrogens with zero attached hydrogens (tertiary/aromatic N) is 15. The molecule has 24 nitrogen and oxygen atoms in total. The number of rotatable bonds is 0. The van der Waals surface area contributed by atoms with E-state index in [0.717, 1.165) is 67.2 Å². The minimum atomic E-state index is -0.727. The zero-order chi connectivity index (χ0) is 59.5. The summed E-state index contributed by atoms with van der Waals surface area (Å²) in [7, 11) is 0. The van der Waals surface area contributed by atoms with Crippen LogP contribution in [0.25, 0.3) is 66.9 Å². The molecule has 0 spiro atoms. The van der Waals surface area contributed by atoms with Gasteiger partial charge in [0.15, 0.2) is 28.2 Å². The van der Waals surface area contributed by atoms with E-state index in [4.69, 9.17) is 5.73 Å². The fraction of sp³-hybridized carbons (Fsp3) is 0.484. The van der Waals surface area contributed by atoms with Gasteiger partial charge < -0.3 is 40.6 Å². The molecule has 0 fully saturated rings. The first-order valence-electron chi connectivity index (χ1n) is 26.2. The van der Waals surface area contributed by atoms with Gasteiger partial charge in [0.1, 0.15) is 40.4 Å². The summed E-state index contributed by atoms with van der Waals surface area (Å²) in [6.07, 6.45) is 14.1. The molecule has 25 heteroatoms. The van der Waals surface area contributed by atoms with Crippen LogP contribution in [-0.2, 0) is 32.5 Å². The Morgan fingerprint density at radius 2 is 0.816 bits per heavy atom. The lowest BCUT2D eigenvalue weighted by molar-refractivity contribution is 0.503. The number of aromatic nitrogens is 22. The highest BCUT2D eigenvalue weighted by molar-refractivity contribution is 5.79. The average Bonchev–Trinajstić information content (AvgIpc) is 2.30. The van der Waals surface area contributed by atoms with Gasteiger partial charge in [-0.3, -0.25) is 0 Å². The Hall–Kier alpha value is -9.03. The van der Waals surface area contributed by atoms with E-state index in [-0.39, 0.29) is 88.7 Å². The zero-order valence-electron chi connectivity index (χ0n) is 49.4. The molecule has 0 radical (unpaired) electrons. The molecule has 0 bridgehead atoms. The SMILES string of the molecule is C.C.C.C.C.C.CC(C)(C)c1[nH]c(=O)nc2nc[nH]c12.CC(C)(C)c1ccnc2nc[nH]c12.CC(C)(C)c1nc(F)nc2nc[nH]c12.CC(C)(C)c1nc(N)nc2nc[nH]c12.CC(C)(C)c1ncnc2[nH]ccc12.CC(C)(C)c1ncnc2nc[nH]c12. The quantitative estimate of drug-likeness (QED) is 0.0654. The van der Waals surface area contributed by atoms with Crippen LogP contribution in [0.3, 0.4) is 0 Å². The van der Waals surface area contributed by atoms with Crippen LogP contribution in [0.1, 0.15) is 203 Å². The number of hydrogen-bond acceptors (Lipinski definition) is 17. The molecule has 0 aliphatic rings. The van der Waals surface area contributed by atoms with Crippen molar-refractivity contribution in [1.29, 1.82) is 0 Å².